The van der Waals surface area contributed by atoms with Crippen LogP contribution in [0.1, 0.15) is 278 Å². The molecule has 9 nitrogen and oxygen atoms in total. The lowest BCUT2D eigenvalue weighted by atomic mass is 10.0. The molecule has 10 heteroatoms. The summed E-state index contributed by atoms with van der Waals surface area (Å²) in [5, 5.41) is 3.02. The average Bonchev–Trinajstić information content (AvgIpc) is 3.35. The zero-order valence-corrected chi connectivity index (χ0v) is 49.5. The second kappa shape index (κ2) is 53.1. The van der Waals surface area contributed by atoms with Gasteiger partial charge in [-0.05, 0) is 70.3 Å². The third kappa shape index (κ3) is 54.3. The van der Waals surface area contributed by atoms with E-state index >= 15 is 0 Å². The summed E-state index contributed by atoms with van der Waals surface area (Å²) in [6.45, 7) is 6.80. The van der Waals surface area contributed by atoms with Gasteiger partial charge in [-0.3, -0.25) is 14.2 Å². The second-order valence-electron chi connectivity index (χ2n) is 21.9. The van der Waals surface area contributed by atoms with E-state index < -0.39 is 32.5 Å². The highest BCUT2D eigenvalue weighted by Crippen LogP contribution is 2.38. The lowest BCUT2D eigenvalue weighted by Crippen LogP contribution is -2.47. The van der Waals surface area contributed by atoms with E-state index in [4.69, 9.17) is 13.8 Å². The summed E-state index contributed by atoms with van der Waals surface area (Å²) in [6, 6.07) is -0.909. The van der Waals surface area contributed by atoms with Gasteiger partial charge < -0.3 is 28.5 Å². The Morgan fingerprint density at radius 1 is 0.479 bits per heavy atom. The van der Waals surface area contributed by atoms with Gasteiger partial charge in [0.05, 0.1) is 33.8 Å². The minimum absolute atomic E-state index is 0.0304. The fourth-order valence-corrected chi connectivity index (χ4v) is 9.41. The predicted octanol–water partition coefficient (Wildman–Crippen LogP) is 18.0. The number of rotatable bonds is 55. The van der Waals surface area contributed by atoms with Gasteiger partial charge in [-0.2, -0.15) is 0 Å². The number of nitrogens with zero attached hydrogens (tertiary/aromatic N) is 1. The molecule has 0 saturated carbocycles. The van der Waals surface area contributed by atoms with Crippen LogP contribution in [0.5, 0.6) is 0 Å². The van der Waals surface area contributed by atoms with Gasteiger partial charge in [-0.25, -0.2) is 0 Å². The van der Waals surface area contributed by atoms with Crippen LogP contribution in [0.25, 0.3) is 0 Å². The van der Waals surface area contributed by atoms with E-state index in [1.807, 2.05) is 33.3 Å². The van der Waals surface area contributed by atoms with Crippen LogP contribution in [0.3, 0.4) is 0 Å². The molecule has 0 spiro atoms. The van der Waals surface area contributed by atoms with Crippen molar-refractivity contribution in [1.82, 2.24) is 5.32 Å². The number of likely N-dealkylation sites (N-methyl/N-ethyl adjacent to an activating group) is 1. The van der Waals surface area contributed by atoms with Crippen molar-refractivity contribution in [2.24, 2.45) is 0 Å². The van der Waals surface area contributed by atoms with Crippen molar-refractivity contribution in [1.29, 1.82) is 0 Å². The molecule has 0 aliphatic rings. The monoisotopic (exact) mass is 1040 g/mol. The maximum absolute atomic E-state index is 13.5. The quantitative estimate of drug-likeness (QED) is 0.0212. The molecule has 3 unspecified atom stereocenters. The fraction of sp³-hybridized carbons (Fsp3) is 0.810. The molecule has 0 aromatic rings. The summed E-state index contributed by atoms with van der Waals surface area (Å²) in [5.74, 6) is -0.598. The lowest BCUT2D eigenvalue weighted by molar-refractivity contribution is -0.870. The number of amides is 1. The molecule has 0 fully saturated rings. The summed E-state index contributed by atoms with van der Waals surface area (Å²) in [4.78, 5) is 39.9. The van der Waals surface area contributed by atoms with Gasteiger partial charge in [-0.1, -0.05) is 255 Å². The van der Waals surface area contributed by atoms with Crippen LogP contribution < -0.4 is 10.2 Å². The van der Waals surface area contributed by atoms with Crippen molar-refractivity contribution in [3.05, 3.63) is 60.8 Å². The number of phosphoric acid groups is 1. The predicted molar refractivity (Wildman–Crippen MR) is 312 cm³/mol. The van der Waals surface area contributed by atoms with E-state index in [0.29, 0.717) is 23.9 Å². The van der Waals surface area contributed by atoms with Crippen molar-refractivity contribution in [3.8, 4) is 0 Å². The average molecular weight is 1050 g/mol. The number of carbonyl (C=O) groups is 2. The summed E-state index contributed by atoms with van der Waals surface area (Å²) in [6.07, 6.45) is 66.2. The Morgan fingerprint density at radius 2 is 0.849 bits per heavy atom. The third-order valence-corrected chi connectivity index (χ3v) is 14.4. The highest BCUT2D eigenvalue weighted by atomic mass is 31.2. The Bertz CT molecular complexity index is 1440. The normalized spacial score (nSPS) is 14.1. The Labute approximate surface area is 451 Å². The molecular formula is C63H117N2O7P. The molecule has 0 bridgehead atoms. The topological polar surface area (TPSA) is 114 Å². The summed E-state index contributed by atoms with van der Waals surface area (Å²) < 4.78 is 30.3. The molecule has 0 aromatic carbocycles. The SMILES string of the molecule is CCCCC/C=C\C/C=C\C/C=C\C/C=C\CCCC(=O)OC(/C=C/CCCCCCCCCCCCC)C(COP(=O)([O-])OCC[N+](C)(C)C)NC(=O)CCCCCCCCCCCCCCCCCCC. The highest BCUT2D eigenvalue weighted by Gasteiger charge is 2.27. The van der Waals surface area contributed by atoms with E-state index in [-0.39, 0.29) is 18.9 Å². The first kappa shape index (κ1) is 70.7. The Balaban J connectivity index is 5.39. The minimum Gasteiger partial charge on any atom is -0.756 e. The number of hydrogen-bond donors (Lipinski definition) is 1. The van der Waals surface area contributed by atoms with Crippen LogP contribution in [0.4, 0.5) is 0 Å². The zero-order chi connectivity index (χ0) is 53.6. The van der Waals surface area contributed by atoms with Crippen LogP contribution in [-0.2, 0) is 27.9 Å². The molecule has 0 saturated heterocycles. The molecule has 0 aliphatic carbocycles. The van der Waals surface area contributed by atoms with E-state index in [1.54, 1.807) is 0 Å². The van der Waals surface area contributed by atoms with Crippen molar-refractivity contribution >= 4 is 19.7 Å². The zero-order valence-electron chi connectivity index (χ0n) is 48.6. The van der Waals surface area contributed by atoms with Crippen molar-refractivity contribution in [2.75, 3.05) is 40.9 Å². The van der Waals surface area contributed by atoms with Crippen molar-refractivity contribution < 1.29 is 37.3 Å². The third-order valence-electron chi connectivity index (χ3n) is 13.5. The van der Waals surface area contributed by atoms with Crippen LogP contribution in [-0.4, -0.2) is 69.4 Å². The summed E-state index contributed by atoms with van der Waals surface area (Å²) in [5.41, 5.74) is 0. The molecule has 0 heterocycles. The summed E-state index contributed by atoms with van der Waals surface area (Å²) >= 11 is 0. The van der Waals surface area contributed by atoms with Gasteiger partial charge in [0.2, 0.25) is 5.91 Å². The number of unbranched alkanes of at least 4 members (excludes halogenated alkanes) is 31. The number of quaternary nitrogens is 1. The van der Waals surface area contributed by atoms with E-state index in [1.165, 1.54) is 173 Å². The summed E-state index contributed by atoms with van der Waals surface area (Å²) in [7, 11) is 1.16. The van der Waals surface area contributed by atoms with Crippen molar-refractivity contribution in [2.45, 2.75) is 290 Å². The first-order valence-electron chi connectivity index (χ1n) is 30.6. The smallest absolute Gasteiger partial charge is 0.306 e. The number of ether oxygens (including phenoxy) is 1. The largest absolute Gasteiger partial charge is 0.756 e. The van der Waals surface area contributed by atoms with Crippen LogP contribution in [0.15, 0.2) is 60.8 Å². The molecule has 1 N–H and O–H groups in total. The first-order chi connectivity index (χ1) is 35.4. The Hall–Kier alpha value is -2.29. The van der Waals surface area contributed by atoms with Gasteiger partial charge in [0.15, 0.2) is 0 Å². The maximum Gasteiger partial charge on any atom is 0.306 e. The maximum atomic E-state index is 13.5. The van der Waals surface area contributed by atoms with E-state index in [2.05, 4.69) is 74.7 Å². The van der Waals surface area contributed by atoms with Crippen LogP contribution in [0.2, 0.25) is 0 Å². The second-order valence-corrected chi connectivity index (χ2v) is 23.3. The Morgan fingerprint density at radius 3 is 1.30 bits per heavy atom. The molecular weight excluding hydrogens is 928 g/mol. The van der Waals surface area contributed by atoms with E-state index in [9.17, 15) is 19.0 Å². The molecule has 426 valence electrons. The first-order valence-corrected chi connectivity index (χ1v) is 32.1. The number of nitrogens with one attached hydrogen (secondary N) is 1. The fourth-order valence-electron chi connectivity index (χ4n) is 8.69. The molecule has 3 atom stereocenters. The minimum atomic E-state index is -4.71. The van der Waals surface area contributed by atoms with Gasteiger partial charge in [-0.15, -0.1) is 0 Å². The molecule has 0 aromatic heterocycles. The molecule has 1 amide bonds. The number of carbonyl (C=O) groups excluding carboxylic acids is 2. The van der Waals surface area contributed by atoms with Crippen LogP contribution >= 0.6 is 7.82 Å². The molecule has 0 radical (unpaired) electrons. The van der Waals surface area contributed by atoms with Gasteiger partial charge in [0.1, 0.15) is 19.3 Å². The Kier molecular flexibility index (Phi) is 51.5. The number of esters is 1. The van der Waals surface area contributed by atoms with Gasteiger partial charge >= 0.3 is 5.97 Å². The van der Waals surface area contributed by atoms with Gasteiger partial charge in [0.25, 0.3) is 7.82 Å². The van der Waals surface area contributed by atoms with E-state index in [0.717, 1.165) is 64.2 Å². The lowest BCUT2D eigenvalue weighted by Gasteiger charge is -2.30. The molecule has 0 aliphatic heterocycles. The highest BCUT2D eigenvalue weighted by molar-refractivity contribution is 7.45. The standard InChI is InChI=1S/C63H117N2O7P/c1-7-10-13-16-19-22-25-28-30-32-34-37-40-43-46-49-52-55-62(66)64-60(59-71-73(68,69)70-58-57-65(4,5)6)61(54-51-48-45-42-39-36-27-24-21-18-15-12-9-3)72-63(67)56-53-50-47-44-41-38-35-33-31-29-26-23-20-17-14-11-8-2/h20,23,29,31,35,38,44,47,51,54,60-61H,7-19,21-22,24-28,30,32-34,36-37,39-43,45-46,48-50,52-53,55-59H2,1-6H3,(H-,64,66,68,69)/b23-20-,31-29-,38-35-,47-44-,54-51+. The van der Waals surface area contributed by atoms with Crippen molar-refractivity contribution in [3.63, 3.8) is 0 Å². The van der Waals surface area contributed by atoms with Gasteiger partial charge in [0, 0.05) is 12.8 Å². The number of phosphoric ester groups is 1. The molecule has 0 rings (SSSR count). The number of allylic oxidation sites excluding steroid dienone is 9. The number of hydrogen-bond acceptors (Lipinski definition) is 7. The molecule has 73 heavy (non-hydrogen) atoms. The van der Waals surface area contributed by atoms with Crippen LogP contribution in [0, 0.1) is 0 Å².